The molecule has 25 heavy (non-hydrogen) atoms. The fourth-order valence-corrected chi connectivity index (χ4v) is 2.78. The number of hydrogen-bond acceptors (Lipinski definition) is 5. The second-order valence-corrected chi connectivity index (χ2v) is 7.26. The van der Waals surface area contributed by atoms with E-state index in [9.17, 15) is 9.59 Å². The van der Waals surface area contributed by atoms with Crippen LogP contribution in [0.4, 0.5) is 4.79 Å². The van der Waals surface area contributed by atoms with Crippen molar-refractivity contribution in [2.45, 2.75) is 59.1 Å². The largest absolute Gasteiger partial charge is 0.444 e. The molecule has 1 heterocycles. The molecule has 0 aromatic heterocycles. The van der Waals surface area contributed by atoms with Crippen LogP contribution >= 0.6 is 0 Å². The Labute approximate surface area is 152 Å². The average molecular weight is 357 g/mol. The molecule has 1 atom stereocenters. The summed E-state index contributed by atoms with van der Waals surface area (Å²) < 4.78 is 10.9. The first-order valence-electron chi connectivity index (χ1n) is 9.36. The highest BCUT2D eigenvalue weighted by molar-refractivity contribution is 5.86. The predicted molar refractivity (Wildman–Crippen MR) is 97.6 cm³/mol. The second-order valence-electron chi connectivity index (χ2n) is 7.26. The Hall–Kier alpha value is -1.34. The number of likely N-dealkylation sites (N-methyl/N-ethyl adjacent to an activating group) is 1. The van der Waals surface area contributed by atoms with Gasteiger partial charge in [0.1, 0.15) is 11.6 Å². The Morgan fingerprint density at radius 1 is 1.20 bits per heavy atom. The number of carbonyl (C=O) groups is 2. The molecule has 1 N–H and O–H groups in total. The van der Waals surface area contributed by atoms with Crippen LogP contribution in [-0.2, 0) is 14.3 Å². The molecule has 2 amide bonds. The molecule has 0 saturated carbocycles. The number of amides is 2. The van der Waals surface area contributed by atoms with E-state index >= 15 is 0 Å². The number of hydrogen-bond donors (Lipinski definition) is 1. The monoisotopic (exact) mass is 357 g/mol. The normalized spacial score (nSPS) is 17.8. The zero-order valence-corrected chi connectivity index (χ0v) is 16.5. The third-order valence-electron chi connectivity index (χ3n) is 4.18. The number of ether oxygens (including phenoxy) is 2. The van der Waals surface area contributed by atoms with Crippen molar-refractivity contribution in [3.8, 4) is 0 Å². The SMILES string of the molecule is CCN(CC)CCOCCNC(=O)C1CCCN1C(=O)OC(C)(C)C. The number of nitrogens with zero attached hydrogens (tertiary/aromatic N) is 2. The van der Waals surface area contributed by atoms with Gasteiger partial charge in [-0.15, -0.1) is 0 Å². The molecule has 1 unspecified atom stereocenters. The highest BCUT2D eigenvalue weighted by Crippen LogP contribution is 2.20. The Morgan fingerprint density at radius 2 is 1.88 bits per heavy atom. The fraction of sp³-hybridized carbons (Fsp3) is 0.889. The van der Waals surface area contributed by atoms with Crippen LogP contribution in [0.3, 0.4) is 0 Å². The fourth-order valence-electron chi connectivity index (χ4n) is 2.78. The van der Waals surface area contributed by atoms with Crippen LogP contribution in [0.1, 0.15) is 47.5 Å². The molecule has 0 aromatic rings. The molecule has 0 aliphatic carbocycles. The summed E-state index contributed by atoms with van der Waals surface area (Å²) in [5.74, 6) is -0.129. The zero-order valence-electron chi connectivity index (χ0n) is 16.5. The predicted octanol–water partition coefficient (Wildman–Crippen LogP) is 1.86. The van der Waals surface area contributed by atoms with Gasteiger partial charge in [0, 0.05) is 19.6 Å². The van der Waals surface area contributed by atoms with Gasteiger partial charge in [0.15, 0.2) is 0 Å². The van der Waals surface area contributed by atoms with Gasteiger partial charge in [-0.25, -0.2) is 4.79 Å². The molecule has 0 bridgehead atoms. The van der Waals surface area contributed by atoms with Gasteiger partial charge in [-0.3, -0.25) is 9.69 Å². The molecule has 0 spiro atoms. The molecule has 1 fully saturated rings. The summed E-state index contributed by atoms with van der Waals surface area (Å²) in [7, 11) is 0. The van der Waals surface area contributed by atoms with Gasteiger partial charge in [0.2, 0.25) is 5.91 Å². The van der Waals surface area contributed by atoms with Crippen molar-refractivity contribution in [3.05, 3.63) is 0 Å². The Bertz CT molecular complexity index is 419. The average Bonchev–Trinajstić information content (AvgIpc) is 3.02. The minimum Gasteiger partial charge on any atom is -0.444 e. The first kappa shape index (κ1) is 21.7. The Kier molecular flexibility index (Phi) is 9.21. The minimum atomic E-state index is -0.556. The van der Waals surface area contributed by atoms with Crippen LogP contribution in [0.25, 0.3) is 0 Å². The van der Waals surface area contributed by atoms with Crippen molar-refractivity contribution in [1.29, 1.82) is 0 Å². The van der Waals surface area contributed by atoms with Crippen LogP contribution in [0.15, 0.2) is 0 Å². The van der Waals surface area contributed by atoms with Crippen molar-refractivity contribution >= 4 is 12.0 Å². The van der Waals surface area contributed by atoms with Crippen LogP contribution < -0.4 is 5.32 Å². The summed E-state index contributed by atoms with van der Waals surface area (Å²) >= 11 is 0. The number of carbonyl (C=O) groups excluding carboxylic acids is 2. The summed E-state index contributed by atoms with van der Waals surface area (Å²) in [6.45, 7) is 14.8. The van der Waals surface area contributed by atoms with Crippen LogP contribution in [-0.4, -0.2) is 79.4 Å². The highest BCUT2D eigenvalue weighted by Gasteiger charge is 2.36. The number of nitrogens with one attached hydrogen (secondary N) is 1. The quantitative estimate of drug-likeness (QED) is 0.638. The molecule has 0 aromatic carbocycles. The van der Waals surface area contributed by atoms with Gasteiger partial charge in [-0.2, -0.15) is 0 Å². The third-order valence-corrected chi connectivity index (χ3v) is 4.18. The maximum absolute atomic E-state index is 12.3. The van der Waals surface area contributed by atoms with Crippen molar-refractivity contribution in [1.82, 2.24) is 15.1 Å². The van der Waals surface area contributed by atoms with Gasteiger partial charge in [-0.1, -0.05) is 13.8 Å². The smallest absolute Gasteiger partial charge is 0.410 e. The topological polar surface area (TPSA) is 71.1 Å². The lowest BCUT2D eigenvalue weighted by molar-refractivity contribution is -0.125. The molecule has 0 radical (unpaired) electrons. The van der Waals surface area contributed by atoms with E-state index in [1.165, 1.54) is 4.90 Å². The van der Waals surface area contributed by atoms with Crippen molar-refractivity contribution in [3.63, 3.8) is 0 Å². The van der Waals surface area contributed by atoms with Gasteiger partial charge in [-0.05, 0) is 46.7 Å². The minimum absolute atomic E-state index is 0.129. The van der Waals surface area contributed by atoms with E-state index in [1.54, 1.807) is 0 Å². The first-order valence-corrected chi connectivity index (χ1v) is 9.36. The van der Waals surface area contributed by atoms with Crippen LogP contribution in [0.5, 0.6) is 0 Å². The molecule has 146 valence electrons. The first-order chi connectivity index (χ1) is 11.8. The van der Waals surface area contributed by atoms with E-state index in [0.29, 0.717) is 32.7 Å². The molecule has 1 aliphatic rings. The maximum Gasteiger partial charge on any atom is 0.410 e. The van der Waals surface area contributed by atoms with Gasteiger partial charge >= 0.3 is 6.09 Å². The summed E-state index contributed by atoms with van der Waals surface area (Å²) in [6, 6.07) is -0.439. The maximum atomic E-state index is 12.3. The van der Waals surface area contributed by atoms with Crippen LogP contribution in [0, 0.1) is 0 Å². The molecule has 1 rings (SSSR count). The standard InChI is InChI=1S/C18H35N3O4/c1-6-20(7-2)12-14-24-13-10-19-16(22)15-9-8-11-21(15)17(23)25-18(3,4)5/h15H,6-14H2,1-5H3,(H,19,22). The van der Waals surface area contributed by atoms with Crippen LogP contribution in [0.2, 0.25) is 0 Å². The van der Waals surface area contributed by atoms with Crippen molar-refractivity contribution < 1.29 is 19.1 Å². The van der Waals surface area contributed by atoms with Crippen molar-refractivity contribution in [2.24, 2.45) is 0 Å². The lowest BCUT2D eigenvalue weighted by Crippen LogP contribution is -2.48. The molecule has 7 heteroatoms. The van der Waals surface area contributed by atoms with Gasteiger partial charge in [0.25, 0.3) is 0 Å². The lowest BCUT2D eigenvalue weighted by atomic mass is 10.2. The summed E-state index contributed by atoms with van der Waals surface area (Å²) in [5, 5.41) is 2.86. The zero-order chi connectivity index (χ0) is 18.9. The van der Waals surface area contributed by atoms with Crippen molar-refractivity contribution in [2.75, 3.05) is 45.9 Å². The molecule has 1 aliphatic heterocycles. The molecular formula is C18H35N3O4. The molecule has 1 saturated heterocycles. The number of likely N-dealkylation sites (tertiary alicyclic amines) is 1. The Balaban J connectivity index is 2.28. The van der Waals surface area contributed by atoms with Gasteiger partial charge < -0.3 is 19.7 Å². The highest BCUT2D eigenvalue weighted by atomic mass is 16.6. The molecular weight excluding hydrogens is 322 g/mol. The molecule has 7 nitrogen and oxygen atoms in total. The lowest BCUT2D eigenvalue weighted by Gasteiger charge is -2.28. The summed E-state index contributed by atoms with van der Waals surface area (Å²) in [5.41, 5.74) is -0.556. The van der Waals surface area contributed by atoms with E-state index in [0.717, 1.165) is 26.1 Å². The van der Waals surface area contributed by atoms with E-state index in [-0.39, 0.29) is 5.91 Å². The van der Waals surface area contributed by atoms with E-state index < -0.39 is 17.7 Å². The van der Waals surface area contributed by atoms with E-state index in [1.807, 2.05) is 20.8 Å². The van der Waals surface area contributed by atoms with E-state index in [4.69, 9.17) is 9.47 Å². The second kappa shape index (κ2) is 10.6. The van der Waals surface area contributed by atoms with Gasteiger partial charge in [0.05, 0.1) is 13.2 Å². The number of rotatable bonds is 9. The van der Waals surface area contributed by atoms with E-state index in [2.05, 4.69) is 24.1 Å². The Morgan fingerprint density at radius 3 is 2.48 bits per heavy atom. The third kappa shape index (κ3) is 8.05. The summed E-state index contributed by atoms with van der Waals surface area (Å²) in [4.78, 5) is 28.4. The summed E-state index contributed by atoms with van der Waals surface area (Å²) in [6.07, 6.45) is 1.08.